The number of carbonyl (C=O) groups is 1. The largest absolute Gasteiger partial charge is 0.299 e. The van der Waals surface area contributed by atoms with Crippen molar-refractivity contribution in [2.45, 2.75) is 32.2 Å². The average Bonchev–Trinajstić information content (AvgIpc) is 3.09. The van der Waals surface area contributed by atoms with Gasteiger partial charge >= 0.3 is 0 Å². The predicted molar refractivity (Wildman–Crippen MR) is 68.0 cm³/mol. The minimum atomic E-state index is 0.333. The van der Waals surface area contributed by atoms with E-state index in [4.69, 9.17) is 0 Å². The third kappa shape index (κ3) is 2.58. The molecular formula is C15H19NO. The smallest absolute Gasteiger partial charge is 0.165 e. The Balaban J connectivity index is 1.64. The van der Waals surface area contributed by atoms with Crippen molar-refractivity contribution in [2.75, 3.05) is 13.1 Å². The lowest BCUT2D eigenvalue weighted by Crippen LogP contribution is -2.18. The van der Waals surface area contributed by atoms with Crippen LogP contribution in [-0.4, -0.2) is 23.8 Å². The van der Waals surface area contributed by atoms with E-state index in [-0.39, 0.29) is 0 Å². The number of rotatable bonds is 4. The predicted octanol–water partition coefficient (Wildman–Crippen LogP) is 2.88. The van der Waals surface area contributed by atoms with E-state index in [0.717, 1.165) is 24.9 Å². The van der Waals surface area contributed by atoms with E-state index in [2.05, 4.69) is 17.0 Å². The zero-order valence-corrected chi connectivity index (χ0v) is 10.2. The summed E-state index contributed by atoms with van der Waals surface area (Å²) in [6, 6.07) is 8.25. The maximum atomic E-state index is 11.9. The van der Waals surface area contributed by atoms with Crippen molar-refractivity contribution in [3.63, 3.8) is 0 Å². The van der Waals surface area contributed by atoms with Crippen LogP contribution < -0.4 is 0 Å². The summed E-state index contributed by atoms with van der Waals surface area (Å²) in [7, 11) is 0. The third-order valence-corrected chi connectivity index (χ3v) is 3.79. The molecule has 1 aromatic rings. The van der Waals surface area contributed by atoms with Crippen molar-refractivity contribution >= 4 is 5.78 Å². The molecule has 0 spiro atoms. The monoisotopic (exact) mass is 229 g/mol. The summed E-state index contributed by atoms with van der Waals surface area (Å²) in [6.07, 6.45) is 4.85. The maximum Gasteiger partial charge on any atom is 0.165 e. The fourth-order valence-corrected chi connectivity index (χ4v) is 2.55. The molecule has 2 heteroatoms. The fraction of sp³-hybridized carbons (Fsp3) is 0.533. The molecule has 1 aromatic carbocycles. The van der Waals surface area contributed by atoms with Gasteiger partial charge in [-0.05, 0) is 44.3 Å². The van der Waals surface area contributed by atoms with Crippen LogP contribution in [0, 0.1) is 5.92 Å². The Morgan fingerprint density at radius 2 is 1.76 bits per heavy atom. The SMILES string of the molecule is O=C(c1ccc(CN2CCCC2)cc1)C1CC1. The van der Waals surface area contributed by atoms with Crippen LogP contribution in [0.1, 0.15) is 41.6 Å². The van der Waals surface area contributed by atoms with Gasteiger partial charge in [0.15, 0.2) is 5.78 Å². The van der Waals surface area contributed by atoms with Crippen LogP contribution in [0.25, 0.3) is 0 Å². The highest BCUT2D eigenvalue weighted by Gasteiger charge is 2.30. The van der Waals surface area contributed by atoms with Crippen LogP contribution in [0.5, 0.6) is 0 Å². The van der Waals surface area contributed by atoms with Gasteiger partial charge in [-0.15, -0.1) is 0 Å². The minimum absolute atomic E-state index is 0.333. The van der Waals surface area contributed by atoms with Crippen molar-refractivity contribution in [3.05, 3.63) is 35.4 Å². The topological polar surface area (TPSA) is 20.3 Å². The second-order valence-corrected chi connectivity index (χ2v) is 5.32. The summed E-state index contributed by atoms with van der Waals surface area (Å²) in [5, 5.41) is 0. The number of carbonyl (C=O) groups excluding carboxylic acids is 1. The van der Waals surface area contributed by atoms with Gasteiger partial charge in [0.1, 0.15) is 0 Å². The molecule has 2 nitrogen and oxygen atoms in total. The van der Waals surface area contributed by atoms with E-state index in [1.54, 1.807) is 0 Å². The lowest BCUT2D eigenvalue weighted by atomic mass is 10.1. The van der Waals surface area contributed by atoms with Gasteiger partial charge in [0.25, 0.3) is 0 Å². The van der Waals surface area contributed by atoms with E-state index >= 15 is 0 Å². The minimum Gasteiger partial charge on any atom is -0.299 e. The average molecular weight is 229 g/mol. The van der Waals surface area contributed by atoms with Gasteiger partial charge in [-0.1, -0.05) is 24.3 Å². The van der Waals surface area contributed by atoms with Crippen LogP contribution in [-0.2, 0) is 6.54 Å². The molecule has 2 fully saturated rings. The Kier molecular flexibility index (Phi) is 2.98. The Morgan fingerprint density at radius 3 is 2.35 bits per heavy atom. The first kappa shape index (κ1) is 11.0. The number of hydrogen-bond acceptors (Lipinski definition) is 2. The standard InChI is InChI=1S/C15H19NO/c17-15(14-7-8-14)13-5-3-12(4-6-13)11-16-9-1-2-10-16/h3-6,14H,1-2,7-11H2. The highest BCUT2D eigenvalue weighted by Crippen LogP contribution is 2.32. The highest BCUT2D eigenvalue weighted by molar-refractivity contribution is 5.99. The van der Waals surface area contributed by atoms with Crippen molar-refractivity contribution < 1.29 is 4.79 Å². The van der Waals surface area contributed by atoms with E-state index in [0.29, 0.717) is 11.7 Å². The number of hydrogen-bond donors (Lipinski definition) is 0. The molecule has 2 aliphatic rings. The number of Topliss-reactive ketones (excluding diaryl/α,β-unsaturated/α-hetero) is 1. The van der Waals surface area contributed by atoms with Crippen LogP contribution >= 0.6 is 0 Å². The fourth-order valence-electron chi connectivity index (χ4n) is 2.55. The van der Waals surface area contributed by atoms with Gasteiger partial charge in [0.05, 0.1) is 0 Å². The molecule has 0 radical (unpaired) electrons. The van der Waals surface area contributed by atoms with E-state index in [1.165, 1.54) is 31.5 Å². The van der Waals surface area contributed by atoms with Gasteiger partial charge in [0.2, 0.25) is 0 Å². The zero-order valence-electron chi connectivity index (χ0n) is 10.2. The molecular weight excluding hydrogens is 210 g/mol. The first-order chi connectivity index (χ1) is 8.33. The second-order valence-electron chi connectivity index (χ2n) is 5.32. The first-order valence-electron chi connectivity index (χ1n) is 6.68. The molecule has 0 atom stereocenters. The first-order valence-corrected chi connectivity index (χ1v) is 6.68. The lowest BCUT2D eigenvalue weighted by Gasteiger charge is -2.14. The Morgan fingerprint density at radius 1 is 1.12 bits per heavy atom. The van der Waals surface area contributed by atoms with Crippen LogP contribution in [0.2, 0.25) is 0 Å². The molecule has 0 N–H and O–H groups in total. The van der Waals surface area contributed by atoms with Crippen LogP contribution in [0.15, 0.2) is 24.3 Å². The van der Waals surface area contributed by atoms with Gasteiger partial charge in [-0.25, -0.2) is 0 Å². The van der Waals surface area contributed by atoms with Crippen molar-refractivity contribution in [3.8, 4) is 0 Å². The van der Waals surface area contributed by atoms with Crippen molar-refractivity contribution in [2.24, 2.45) is 5.92 Å². The number of likely N-dealkylation sites (tertiary alicyclic amines) is 1. The summed E-state index contributed by atoms with van der Waals surface area (Å²) >= 11 is 0. The molecule has 0 bridgehead atoms. The van der Waals surface area contributed by atoms with Crippen molar-refractivity contribution in [1.29, 1.82) is 0 Å². The summed E-state index contributed by atoms with van der Waals surface area (Å²) in [4.78, 5) is 14.3. The number of benzene rings is 1. The molecule has 17 heavy (non-hydrogen) atoms. The summed E-state index contributed by atoms with van der Waals surface area (Å²) in [5.74, 6) is 0.678. The molecule has 1 saturated heterocycles. The van der Waals surface area contributed by atoms with Crippen LogP contribution in [0.4, 0.5) is 0 Å². The molecule has 0 aromatic heterocycles. The molecule has 90 valence electrons. The molecule has 1 heterocycles. The maximum absolute atomic E-state index is 11.9. The van der Waals surface area contributed by atoms with Gasteiger partial charge in [-0.3, -0.25) is 9.69 Å². The summed E-state index contributed by atoms with van der Waals surface area (Å²) in [6.45, 7) is 3.49. The Hall–Kier alpha value is -1.15. The molecule has 1 aliphatic heterocycles. The van der Waals surface area contributed by atoms with Gasteiger partial charge in [0, 0.05) is 18.0 Å². The quantitative estimate of drug-likeness (QED) is 0.740. The lowest BCUT2D eigenvalue weighted by molar-refractivity contribution is 0.0967. The van der Waals surface area contributed by atoms with Gasteiger partial charge in [-0.2, -0.15) is 0 Å². The molecule has 0 unspecified atom stereocenters. The third-order valence-electron chi connectivity index (χ3n) is 3.79. The zero-order chi connectivity index (χ0) is 11.7. The van der Waals surface area contributed by atoms with Crippen LogP contribution in [0.3, 0.4) is 0 Å². The van der Waals surface area contributed by atoms with E-state index < -0.39 is 0 Å². The number of ketones is 1. The van der Waals surface area contributed by atoms with Gasteiger partial charge < -0.3 is 0 Å². The Labute approximate surface area is 103 Å². The molecule has 1 aliphatic carbocycles. The molecule has 1 saturated carbocycles. The molecule has 0 amide bonds. The second kappa shape index (κ2) is 4.61. The molecule has 3 rings (SSSR count). The normalized spacial score (nSPS) is 20.7. The summed E-state index contributed by atoms with van der Waals surface area (Å²) < 4.78 is 0. The van der Waals surface area contributed by atoms with E-state index in [1.807, 2.05) is 12.1 Å². The summed E-state index contributed by atoms with van der Waals surface area (Å²) in [5.41, 5.74) is 2.23. The number of nitrogens with zero attached hydrogens (tertiary/aromatic N) is 1. The Bertz CT molecular complexity index is 399. The van der Waals surface area contributed by atoms with Crippen molar-refractivity contribution in [1.82, 2.24) is 4.90 Å². The highest BCUT2D eigenvalue weighted by atomic mass is 16.1. The van der Waals surface area contributed by atoms with E-state index in [9.17, 15) is 4.79 Å².